The Morgan fingerprint density at radius 3 is 2.67 bits per heavy atom. The van der Waals surface area contributed by atoms with E-state index in [1.165, 1.54) is 18.2 Å². The van der Waals surface area contributed by atoms with Gasteiger partial charge in [-0.2, -0.15) is 0 Å². The maximum atomic E-state index is 11.1. The minimum absolute atomic E-state index is 0.115. The largest absolute Gasteiger partial charge is 0.450 e. The van der Waals surface area contributed by atoms with Crippen molar-refractivity contribution in [1.29, 1.82) is 0 Å². The number of nitrogens with zero attached hydrogens (tertiary/aromatic N) is 1. The van der Waals surface area contributed by atoms with Crippen molar-refractivity contribution in [3.05, 3.63) is 62.7 Å². The Balaban J connectivity index is 2.42. The van der Waals surface area contributed by atoms with Crippen molar-refractivity contribution in [2.75, 3.05) is 7.05 Å². The van der Waals surface area contributed by atoms with Crippen LogP contribution in [0.5, 0.6) is 11.5 Å². The first-order chi connectivity index (χ1) is 10.0. The number of hydrogen-bond acceptors (Lipinski definition) is 4. The zero-order chi connectivity index (χ0) is 15.4. The molecule has 1 N–H and O–H groups in total. The van der Waals surface area contributed by atoms with Gasteiger partial charge in [-0.25, -0.2) is 0 Å². The number of rotatable bonds is 5. The average molecular weight is 307 g/mol. The van der Waals surface area contributed by atoms with Crippen LogP contribution in [0.4, 0.5) is 5.69 Å². The number of hydrogen-bond donors (Lipinski definition) is 1. The fourth-order valence-electron chi connectivity index (χ4n) is 1.98. The lowest BCUT2D eigenvalue weighted by Crippen LogP contribution is -2.07. The van der Waals surface area contributed by atoms with Crippen molar-refractivity contribution in [3.8, 4) is 11.5 Å². The van der Waals surface area contributed by atoms with Crippen LogP contribution in [-0.2, 0) is 6.54 Å². The predicted octanol–water partition coefficient (Wildman–Crippen LogP) is 4.07. The van der Waals surface area contributed by atoms with Crippen LogP contribution in [0.1, 0.15) is 11.1 Å². The monoisotopic (exact) mass is 306 g/mol. The Morgan fingerprint density at radius 2 is 2.00 bits per heavy atom. The Labute approximate surface area is 127 Å². The van der Waals surface area contributed by atoms with Gasteiger partial charge in [-0.15, -0.1) is 0 Å². The molecule has 110 valence electrons. The molecule has 0 atom stereocenters. The highest BCUT2D eigenvalue weighted by atomic mass is 35.5. The summed E-state index contributed by atoms with van der Waals surface area (Å²) in [7, 11) is 1.83. The second-order valence-corrected chi connectivity index (χ2v) is 5.05. The molecule has 0 saturated heterocycles. The van der Waals surface area contributed by atoms with E-state index in [4.69, 9.17) is 16.3 Å². The van der Waals surface area contributed by atoms with Crippen LogP contribution in [0.3, 0.4) is 0 Å². The molecular formula is C15H15ClN2O3. The predicted molar refractivity (Wildman–Crippen MR) is 82.1 cm³/mol. The van der Waals surface area contributed by atoms with Gasteiger partial charge >= 0.3 is 5.69 Å². The van der Waals surface area contributed by atoms with Crippen molar-refractivity contribution in [2.24, 2.45) is 0 Å². The van der Waals surface area contributed by atoms with Gasteiger partial charge in [-0.3, -0.25) is 10.1 Å². The lowest BCUT2D eigenvalue weighted by atomic mass is 10.1. The van der Waals surface area contributed by atoms with Crippen molar-refractivity contribution < 1.29 is 9.66 Å². The summed E-state index contributed by atoms with van der Waals surface area (Å²) >= 11 is 5.90. The summed E-state index contributed by atoms with van der Waals surface area (Å²) in [4.78, 5) is 10.6. The van der Waals surface area contributed by atoms with Gasteiger partial charge in [-0.05, 0) is 26.1 Å². The summed E-state index contributed by atoms with van der Waals surface area (Å²) < 4.78 is 5.72. The molecule has 0 aliphatic heterocycles. The fraction of sp³-hybridized carbons (Fsp3) is 0.200. The average Bonchev–Trinajstić information content (AvgIpc) is 2.42. The van der Waals surface area contributed by atoms with Gasteiger partial charge in [0, 0.05) is 29.3 Å². The lowest BCUT2D eigenvalue weighted by Gasteiger charge is -2.12. The Bertz CT molecular complexity index is 674. The van der Waals surface area contributed by atoms with Gasteiger partial charge in [0.1, 0.15) is 5.75 Å². The first kappa shape index (κ1) is 15.3. The standard InChI is InChI=1S/C15H15ClN2O3/c1-10-3-6-14(11(7-10)9-17-2)21-15-8-12(16)4-5-13(15)18(19)20/h3-8,17H,9H2,1-2H3. The van der Waals surface area contributed by atoms with Crippen molar-refractivity contribution in [1.82, 2.24) is 5.32 Å². The summed E-state index contributed by atoms with van der Waals surface area (Å²) in [5, 5.41) is 14.5. The van der Waals surface area contributed by atoms with Crippen LogP contribution >= 0.6 is 11.6 Å². The SMILES string of the molecule is CNCc1cc(C)ccc1Oc1cc(Cl)ccc1[N+](=O)[O-]. The van der Waals surface area contributed by atoms with E-state index < -0.39 is 4.92 Å². The summed E-state index contributed by atoms with van der Waals surface area (Å²) in [6.07, 6.45) is 0. The second kappa shape index (κ2) is 6.56. The third kappa shape index (κ3) is 3.71. The number of nitrogens with one attached hydrogen (secondary N) is 1. The molecule has 0 spiro atoms. The van der Waals surface area contributed by atoms with Gasteiger partial charge in [0.2, 0.25) is 5.75 Å². The number of nitro benzene ring substituents is 1. The molecule has 0 aromatic heterocycles. The number of benzene rings is 2. The molecule has 0 unspecified atom stereocenters. The van der Waals surface area contributed by atoms with E-state index in [1.807, 2.05) is 26.1 Å². The van der Waals surface area contributed by atoms with Crippen LogP contribution in [0.25, 0.3) is 0 Å². The van der Waals surface area contributed by atoms with Crippen molar-refractivity contribution in [2.45, 2.75) is 13.5 Å². The fourth-order valence-corrected chi connectivity index (χ4v) is 2.14. The zero-order valence-corrected chi connectivity index (χ0v) is 12.5. The molecule has 0 aliphatic rings. The second-order valence-electron chi connectivity index (χ2n) is 4.61. The van der Waals surface area contributed by atoms with Gasteiger partial charge in [0.15, 0.2) is 0 Å². The third-order valence-electron chi connectivity index (χ3n) is 2.92. The maximum absolute atomic E-state index is 11.1. The van der Waals surface area contributed by atoms with E-state index in [0.717, 1.165) is 11.1 Å². The summed E-state index contributed by atoms with van der Waals surface area (Å²) in [5.41, 5.74) is 1.90. The van der Waals surface area contributed by atoms with Crippen LogP contribution < -0.4 is 10.1 Å². The molecular weight excluding hydrogens is 292 g/mol. The molecule has 21 heavy (non-hydrogen) atoms. The summed E-state index contributed by atoms with van der Waals surface area (Å²) in [6.45, 7) is 2.58. The minimum Gasteiger partial charge on any atom is -0.450 e. The molecule has 0 heterocycles. The van der Waals surface area contributed by atoms with E-state index in [0.29, 0.717) is 17.3 Å². The summed E-state index contributed by atoms with van der Waals surface area (Å²) in [6, 6.07) is 9.92. The molecule has 0 radical (unpaired) electrons. The molecule has 6 heteroatoms. The molecule has 0 bridgehead atoms. The molecule has 2 aromatic rings. The van der Waals surface area contributed by atoms with E-state index in [2.05, 4.69) is 5.32 Å². The highest BCUT2D eigenvalue weighted by Gasteiger charge is 2.17. The van der Waals surface area contributed by atoms with Gasteiger partial charge < -0.3 is 10.1 Å². The van der Waals surface area contributed by atoms with Crippen LogP contribution in [-0.4, -0.2) is 12.0 Å². The minimum atomic E-state index is -0.488. The maximum Gasteiger partial charge on any atom is 0.311 e. The van der Waals surface area contributed by atoms with Crippen LogP contribution in [0, 0.1) is 17.0 Å². The van der Waals surface area contributed by atoms with Crippen LogP contribution in [0.2, 0.25) is 5.02 Å². The molecule has 2 rings (SSSR count). The first-order valence-corrected chi connectivity index (χ1v) is 6.75. The molecule has 0 fully saturated rings. The number of halogens is 1. The van der Waals surface area contributed by atoms with E-state index in [-0.39, 0.29) is 11.4 Å². The zero-order valence-electron chi connectivity index (χ0n) is 11.7. The van der Waals surface area contributed by atoms with Crippen molar-refractivity contribution >= 4 is 17.3 Å². The van der Waals surface area contributed by atoms with Crippen molar-refractivity contribution in [3.63, 3.8) is 0 Å². The molecule has 5 nitrogen and oxygen atoms in total. The number of aryl methyl sites for hydroxylation is 1. The van der Waals surface area contributed by atoms with E-state index >= 15 is 0 Å². The smallest absolute Gasteiger partial charge is 0.311 e. The number of ether oxygens (including phenoxy) is 1. The van der Waals surface area contributed by atoms with Gasteiger partial charge in [0.05, 0.1) is 4.92 Å². The highest BCUT2D eigenvalue weighted by molar-refractivity contribution is 6.30. The molecule has 0 saturated carbocycles. The Hall–Kier alpha value is -2.11. The summed E-state index contributed by atoms with van der Waals surface area (Å²) in [5.74, 6) is 0.703. The Kier molecular flexibility index (Phi) is 4.77. The molecule has 2 aromatic carbocycles. The number of nitro groups is 1. The first-order valence-electron chi connectivity index (χ1n) is 6.37. The van der Waals surface area contributed by atoms with Gasteiger partial charge in [-0.1, -0.05) is 29.3 Å². The topological polar surface area (TPSA) is 64.4 Å². The van der Waals surface area contributed by atoms with E-state index in [1.54, 1.807) is 6.07 Å². The highest BCUT2D eigenvalue weighted by Crippen LogP contribution is 2.35. The normalized spacial score (nSPS) is 10.4. The van der Waals surface area contributed by atoms with E-state index in [9.17, 15) is 10.1 Å². The molecule has 0 aliphatic carbocycles. The lowest BCUT2D eigenvalue weighted by molar-refractivity contribution is -0.385. The quantitative estimate of drug-likeness (QED) is 0.668. The Morgan fingerprint density at radius 1 is 1.24 bits per heavy atom. The van der Waals surface area contributed by atoms with Crippen LogP contribution in [0.15, 0.2) is 36.4 Å². The van der Waals surface area contributed by atoms with Gasteiger partial charge in [0.25, 0.3) is 0 Å². The molecule has 0 amide bonds. The third-order valence-corrected chi connectivity index (χ3v) is 3.16.